The van der Waals surface area contributed by atoms with Crippen LogP contribution in [-0.4, -0.2) is 55.3 Å². The number of ether oxygens (including phenoxy) is 2. The van der Waals surface area contributed by atoms with E-state index in [1.165, 1.54) is 12.8 Å². The van der Waals surface area contributed by atoms with Gasteiger partial charge in [-0.1, -0.05) is 43.2 Å². The molecule has 1 aromatic carbocycles. The summed E-state index contributed by atoms with van der Waals surface area (Å²) in [5.41, 5.74) is 3.91. The van der Waals surface area contributed by atoms with Gasteiger partial charge in [-0.05, 0) is 24.8 Å². The first-order valence-corrected chi connectivity index (χ1v) is 9.86. The number of nitrogens with one attached hydrogen (secondary N) is 2. The van der Waals surface area contributed by atoms with Crippen molar-refractivity contribution in [1.29, 1.82) is 0 Å². The molecule has 0 spiro atoms. The van der Waals surface area contributed by atoms with Gasteiger partial charge in [-0.15, -0.1) is 0 Å². The van der Waals surface area contributed by atoms with Gasteiger partial charge in [0.2, 0.25) is 0 Å². The number of hydrogen-bond acceptors (Lipinski definition) is 6. The van der Waals surface area contributed by atoms with E-state index in [-0.39, 0.29) is 18.8 Å². The highest BCUT2D eigenvalue weighted by Crippen LogP contribution is 2.20. The highest BCUT2D eigenvalue weighted by Gasteiger charge is 2.26. The highest BCUT2D eigenvalue weighted by atomic mass is 16.7. The van der Waals surface area contributed by atoms with E-state index in [1.54, 1.807) is 0 Å². The van der Waals surface area contributed by atoms with Crippen LogP contribution < -0.4 is 10.8 Å². The molecule has 2 unspecified atom stereocenters. The molecule has 0 radical (unpaired) electrons. The van der Waals surface area contributed by atoms with E-state index < -0.39 is 18.2 Å². The molecule has 0 aromatic heterocycles. The monoisotopic (exact) mass is 378 g/mol. The fraction of sp³-hybridized carbons (Fsp3) is 0.650. The van der Waals surface area contributed by atoms with Crippen LogP contribution in [0.15, 0.2) is 30.3 Å². The van der Waals surface area contributed by atoms with E-state index in [0.29, 0.717) is 26.1 Å². The van der Waals surface area contributed by atoms with Crippen LogP contribution in [0.1, 0.15) is 37.7 Å². The summed E-state index contributed by atoms with van der Waals surface area (Å²) in [6.07, 6.45) is 4.33. The average molecular weight is 378 g/mol. The van der Waals surface area contributed by atoms with Gasteiger partial charge in [0, 0.05) is 13.0 Å². The fourth-order valence-electron chi connectivity index (χ4n) is 3.49. The summed E-state index contributed by atoms with van der Waals surface area (Å²) in [7, 11) is 0. The maximum Gasteiger partial charge on any atom is 0.407 e. The van der Waals surface area contributed by atoms with Crippen LogP contribution >= 0.6 is 0 Å². The second-order valence-electron chi connectivity index (χ2n) is 7.27. The molecular weight excluding hydrogens is 348 g/mol. The molecular formula is C20H30N2O5. The molecule has 1 saturated carbocycles. The van der Waals surface area contributed by atoms with Crippen molar-refractivity contribution in [3.63, 3.8) is 0 Å². The number of hydrogen-bond donors (Lipinski definition) is 3. The van der Waals surface area contributed by atoms with Gasteiger partial charge in [0.25, 0.3) is 0 Å². The third-order valence-corrected chi connectivity index (χ3v) is 5.07. The molecule has 7 nitrogen and oxygen atoms in total. The molecule has 2 aliphatic rings. The van der Waals surface area contributed by atoms with Crippen LogP contribution in [0.4, 0.5) is 4.79 Å². The lowest BCUT2D eigenvalue weighted by Gasteiger charge is -2.25. The van der Waals surface area contributed by atoms with Crippen molar-refractivity contribution in [3.8, 4) is 0 Å². The normalized spacial score (nSPS) is 22.5. The molecule has 7 heteroatoms. The molecule has 1 aliphatic carbocycles. The number of aliphatic hydroxyl groups excluding tert-OH is 1. The quantitative estimate of drug-likeness (QED) is 0.569. The van der Waals surface area contributed by atoms with Crippen LogP contribution in [-0.2, 0) is 20.7 Å². The van der Waals surface area contributed by atoms with Gasteiger partial charge in [0.1, 0.15) is 6.10 Å². The molecule has 1 heterocycles. The van der Waals surface area contributed by atoms with Crippen molar-refractivity contribution >= 4 is 6.09 Å². The van der Waals surface area contributed by atoms with Gasteiger partial charge < -0.3 is 19.9 Å². The molecule has 3 rings (SSSR count). The molecule has 3 atom stereocenters. The van der Waals surface area contributed by atoms with Gasteiger partial charge in [-0.2, -0.15) is 5.48 Å². The Bertz CT molecular complexity index is 559. The number of rotatable bonds is 9. The number of aliphatic hydroxyl groups is 1. The zero-order chi connectivity index (χ0) is 18.9. The van der Waals surface area contributed by atoms with Crippen molar-refractivity contribution in [2.45, 2.75) is 62.9 Å². The Morgan fingerprint density at radius 1 is 1.19 bits per heavy atom. The minimum absolute atomic E-state index is 0.213. The van der Waals surface area contributed by atoms with E-state index in [1.807, 2.05) is 30.3 Å². The van der Waals surface area contributed by atoms with Crippen molar-refractivity contribution in [1.82, 2.24) is 10.8 Å². The first-order valence-electron chi connectivity index (χ1n) is 9.86. The van der Waals surface area contributed by atoms with Gasteiger partial charge in [-0.25, -0.2) is 4.79 Å². The second-order valence-corrected chi connectivity index (χ2v) is 7.27. The summed E-state index contributed by atoms with van der Waals surface area (Å²) in [5, 5.41) is 13.4. The Labute approximate surface area is 160 Å². The largest absolute Gasteiger partial charge is 0.444 e. The number of alkyl carbamates (subject to hydrolysis) is 1. The molecule has 150 valence electrons. The Kier molecular flexibility index (Phi) is 7.89. The molecule has 2 fully saturated rings. The zero-order valence-electron chi connectivity index (χ0n) is 15.6. The Morgan fingerprint density at radius 2 is 1.96 bits per heavy atom. The first-order chi connectivity index (χ1) is 13.2. The minimum atomic E-state index is -0.806. The maximum absolute atomic E-state index is 12.2. The third-order valence-electron chi connectivity index (χ3n) is 5.07. The van der Waals surface area contributed by atoms with Crippen molar-refractivity contribution in [2.75, 3.05) is 19.8 Å². The summed E-state index contributed by atoms with van der Waals surface area (Å²) in [6, 6.07) is 9.28. The Morgan fingerprint density at radius 3 is 2.67 bits per heavy atom. The SMILES string of the molecule is O=C(N[C@@H](Cc1ccccc1)C(O)CNOC1CCCC1)OC1CCOC1. The zero-order valence-corrected chi connectivity index (χ0v) is 15.6. The van der Waals surface area contributed by atoms with Crippen LogP contribution in [0.3, 0.4) is 0 Å². The van der Waals surface area contributed by atoms with Crippen molar-refractivity contribution in [2.24, 2.45) is 0 Å². The lowest BCUT2D eigenvalue weighted by Crippen LogP contribution is -2.49. The number of carbonyl (C=O) groups is 1. The van der Waals surface area contributed by atoms with E-state index in [4.69, 9.17) is 14.3 Å². The first kappa shape index (κ1) is 20.1. The van der Waals surface area contributed by atoms with Gasteiger partial charge in [-0.3, -0.25) is 4.84 Å². The number of carbonyl (C=O) groups excluding carboxylic acids is 1. The maximum atomic E-state index is 12.2. The third kappa shape index (κ3) is 6.77. The van der Waals surface area contributed by atoms with Gasteiger partial charge in [0.05, 0.1) is 31.5 Å². The number of benzene rings is 1. The van der Waals surface area contributed by atoms with E-state index in [2.05, 4.69) is 10.8 Å². The fourth-order valence-corrected chi connectivity index (χ4v) is 3.49. The molecule has 0 bridgehead atoms. The van der Waals surface area contributed by atoms with Crippen LogP contribution in [0.2, 0.25) is 0 Å². The summed E-state index contributed by atoms with van der Waals surface area (Å²) < 4.78 is 10.6. The smallest absolute Gasteiger partial charge is 0.407 e. The summed E-state index contributed by atoms with van der Waals surface area (Å²) in [5.74, 6) is 0. The standard InChI is InChI=1S/C20H30N2O5/c23-19(13-21-27-16-8-4-5-9-16)18(12-15-6-2-1-3-7-15)22-20(24)26-17-10-11-25-14-17/h1-3,6-7,16-19,21,23H,4-5,8-14H2,(H,22,24)/t17?,18-,19?/m0/s1. The van der Waals surface area contributed by atoms with Crippen molar-refractivity contribution in [3.05, 3.63) is 35.9 Å². The summed E-state index contributed by atoms with van der Waals surface area (Å²) >= 11 is 0. The molecule has 27 heavy (non-hydrogen) atoms. The Balaban J connectivity index is 1.51. The lowest BCUT2D eigenvalue weighted by molar-refractivity contribution is -0.0414. The average Bonchev–Trinajstić information content (AvgIpc) is 3.36. The molecule has 1 saturated heterocycles. The Hall–Kier alpha value is -1.67. The van der Waals surface area contributed by atoms with E-state index in [0.717, 1.165) is 18.4 Å². The molecule has 3 N–H and O–H groups in total. The lowest BCUT2D eigenvalue weighted by atomic mass is 10.0. The topological polar surface area (TPSA) is 89.1 Å². The molecule has 1 aliphatic heterocycles. The molecule has 1 amide bonds. The number of amides is 1. The van der Waals surface area contributed by atoms with E-state index >= 15 is 0 Å². The predicted molar refractivity (Wildman–Crippen MR) is 100 cm³/mol. The van der Waals surface area contributed by atoms with Crippen LogP contribution in [0, 0.1) is 0 Å². The van der Waals surface area contributed by atoms with E-state index in [9.17, 15) is 9.90 Å². The van der Waals surface area contributed by atoms with Crippen molar-refractivity contribution < 1.29 is 24.2 Å². The summed E-state index contributed by atoms with van der Waals surface area (Å²) in [4.78, 5) is 17.9. The number of hydroxylamine groups is 1. The predicted octanol–water partition coefficient (Wildman–Crippen LogP) is 1.94. The highest BCUT2D eigenvalue weighted by molar-refractivity contribution is 5.68. The minimum Gasteiger partial charge on any atom is -0.444 e. The van der Waals surface area contributed by atoms with Crippen LogP contribution in [0.25, 0.3) is 0 Å². The van der Waals surface area contributed by atoms with Gasteiger partial charge >= 0.3 is 6.09 Å². The second kappa shape index (κ2) is 10.6. The molecule has 1 aromatic rings. The summed E-state index contributed by atoms with van der Waals surface area (Å²) in [6.45, 7) is 1.27. The van der Waals surface area contributed by atoms with Crippen LogP contribution in [0.5, 0.6) is 0 Å². The van der Waals surface area contributed by atoms with Gasteiger partial charge in [0.15, 0.2) is 0 Å².